The van der Waals surface area contributed by atoms with Gasteiger partial charge in [0.25, 0.3) is 5.69 Å². The number of fused-ring (bicyclic) bond motifs is 1. The van der Waals surface area contributed by atoms with Crippen molar-refractivity contribution in [3.8, 4) is 0 Å². The number of aromatic nitrogens is 5. The van der Waals surface area contributed by atoms with Crippen molar-refractivity contribution in [2.24, 2.45) is 0 Å². The average Bonchev–Trinajstić information content (AvgIpc) is 3.00. The highest BCUT2D eigenvalue weighted by atomic mass is 16.6. The number of nitro groups is 1. The molecule has 0 aliphatic heterocycles. The molecule has 0 aliphatic carbocycles. The minimum Gasteiger partial charge on any atom is -0.369 e. The molecule has 21 heavy (non-hydrogen) atoms. The molecule has 0 aliphatic rings. The zero-order valence-electron chi connectivity index (χ0n) is 10.9. The van der Waals surface area contributed by atoms with Crippen LogP contribution in [0.4, 0.5) is 11.5 Å². The summed E-state index contributed by atoms with van der Waals surface area (Å²) < 4.78 is 0. The van der Waals surface area contributed by atoms with E-state index < -0.39 is 4.92 Å². The molecule has 0 fully saturated rings. The van der Waals surface area contributed by atoms with Gasteiger partial charge in [-0.15, -0.1) is 0 Å². The van der Waals surface area contributed by atoms with Gasteiger partial charge >= 0.3 is 0 Å². The topological polar surface area (TPSA) is 123 Å². The first-order valence-electron chi connectivity index (χ1n) is 6.21. The number of nitrogens with zero attached hydrogens (tertiary/aromatic N) is 5. The highest BCUT2D eigenvalue weighted by Crippen LogP contribution is 2.24. The third-order valence-electron chi connectivity index (χ3n) is 2.95. The molecule has 3 aromatic rings. The number of non-ortho nitro benzene ring substituents is 1. The quantitative estimate of drug-likeness (QED) is 0.535. The van der Waals surface area contributed by atoms with Crippen molar-refractivity contribution in [1.82, 2.24) is 25.1 Å². The standard InChI is InChI=1S/C12H11N7O2/c20-19(21)8-1-2-10-9(5-8)12(16-6-14-10)13-4-3-11-15-7-17-18-11/h1-2,5-7H,3-4H2,(H,13,14,16)(H,15,17,18). The largest absolute Gasteiger partial charge is 0.369 e. The molecule has 0 amide bonds. The van der Waals surface area contributed by atoms with Crippen molar-refractivity contribution in [2.75, 3.05) is 11.9 Å². The van der Waals surface area contributed by atoms with E-state index in [2.05, 4.69) is 30.5 Å². The Morgan fingerprint density at radius 2 is 2.14 bits per heavy atom. The number of hydrogen-bond donors (Lipinski definition) is 2. The molecule has 9 nitrogen and oxygen atoms in total. The molecular formula is C12H11N7O2. The average molecular weight is 285 g/mol. The number of rotatable bonds is 5. The molecule has 1 aromatic carbocycles. The van der Waals surface area contributed by atoms with Gasteiger partial charge in [0.1, 0.15) is 24.3 Å². The van der Waals surface area contributed by atoms with E-state index in [1.807, 2.05) is 0 Å². The summed E-state index contributed by atoms with van der Waals surface area (Å²) >= 11 is 0. The lowest BCUT2D eigenvalue weighted by Gasteiger charge is -2.07. The van der Waals surface area contributed by atoms with Crippen LogP contribution in [0.5, 0.6) is 0 Å². The number of nitro benzene ring substituents is 1. The zero-order valence-corrected chi connectivity index (χ0v) is 10.9. The van der Waals surface area contributed by atoms with E-state index in [1.54, 1.807) is 6.07 Å². The van der Waals surface area contributed by atoms with Gasteiger partial charge in [0, 0.05) is 30.5 Å². The fourth-order valence-electron chi connectivity index (χ4n) is 1.95. The molecule has 2 N–H and O–H groups in total. The van der Waals surface area contributed by atoms with E-state index in [9.17, 15) is 10.1 Å². The first kappa shape index (κ1) is 12.9. The van der Waals surface area contributed by atoms with Crippen molar-refractivity contribution in [3.63, 3.8) is 0 Å². The summed E-state index contributed by atoms with van der Waals surface area (Å²) in [5, 5.41) is 21.1. The first-order chi connectivity index (χ1) is 10.2. The van der Waals surface area contributed by atoms with E-state index in [0.717, 1.165) is 5.82 Å². The molecule has 0 spiro atoms. The Bertz CT molecular complexity index is 772. The lowest BCUT2D eigenvalue weighted by molar-refractivity contribution is -0.384. The summed E-state index contributed by atoms with van der Waals surface area (Å²) in [7, 11) is 0. The molecule has 0 radical (unpaired) electrons. The maximum Gasteiger partial charge on any atom is 0.270 e. The SMILES string of the molecule is O=[N+]([O-])c1ccc2ncnc(NCCc3ncn[nH]3)c2c1. The predicted molar refractivity (Wildman–Crippen MR) is 74.8 cm³/mol. The lowest BCUT2D eigenvalue weighted by atomic mass is 10.2. The predicted octanol–water partition coefficient (Wildman–Crippen LogP) is 1.31. The van der Waals surface area contributed by atoms with Gasteiger partial charge in [-0.05, 0) is 6.07 Å². The van der Waals surface area contributed by atoms with Crippen LogP contribution in [0.15, 0.2) is 30.9 Å². The smallest absolute Gasteiger partial charge is 0.270 e. The van der Waals surface area contributed by atoms with Gasteiger partial charge in [-0.2, -0.15) is 5.10 Å². The van der Waals surface area contributed by atoms with E-state index in [4.69, 9.17) is 0 Å². The number of hydrogen-bond acceptors (Lipinski definition) is 7. The van der Waals surface area contributed by atoms with Gasteiger partial charge in [-0.3, -0.25) is 15.2 Å². The molecule has 0 atom stereocenters. The van der Waals surface area contributed by atoms with Gasteiger partial charge in [0.2, 0.25) is 0 Å². The van der Waals surface area contributed by atoms with E-state index in [0.29, 0.717) is 29.7 Å². The Labute approximate surface area is 118 Å². The monoisotopic (exact) mass is 285 g/mol. The summed E-state index contributed by atoms with van der Waals surface area (Å²) in [4.78, 5) is 22.7. The van der Waals surface area contributed by atoms with Crippen LogP contribution >= 0.6 is 0 Å². The Balaban J connectivity index is 1.83. The molecular weight excluding hydrogens is 274 g/mol. The maximum atomic E-state index is 10.9. The Hall–Kier alpha value is -3.10. The zero-order chi connectivity index (χ0) is 14.7. The molecule has 0 saturated heterocycles. The van der Waals surface area contributed by atoms with Gasteiger partial charge in [0.05, 0.1) is 10.4 Å². The van der Waals surface area contributed by atoms with Crippen molar-refractivity contribution in [1.29, 1.82) is 0 Å². The number of H-pyrrole nitrogens is 1. The van der Waals surface area contributed by atoms with E-state index in [1.165, 1.54) is 24.8 Å². The number of aromatic amines is 1. The summed E-state index contributed by atoms with van der Waals surface area (Å²) in [6.07, 6.45) is 3.50. The van der Waals surface area contributed by atoms with Gasteiger partial charge in [-0.1, -0.05) is 0 Å². The van der Waals surface area contributed by atoms with Crippen molar-refractivity contribution >= 4 is 22.4 Å². The molecule has 106 valence electrons. The minimum absolute atomic E-state index is 0.00980. The second-order valence-electron chi connectivity index (χ2n) is 4.29. The molecule has 0 bridgehead atoms. The van der Waals surface area contributed by atoms with Crippen molar-refractivity contribution < 1.29 is 4.92 Å². The maximum absolute atomic E-state index is 10.9. The Kier molecular flexibility index (Phi) is 3.37. The minimum atomic E-state index is -0.440. The Morgan fingerprint density at radius 1 is 1.24 bits per heavy atom. The van der Waals surface area contributed by atoms with E-state index >= 15 is 0 Å². The summed E-state index contributed by atoms with van der Waals surface area (Å²) in [6.45, 7) is 0.573. The molecule has 0 unspecified atom stereocenters. The summed E-state index contributed by atoms with van der Waals surface area (Å²) in [5.41, 5.74) is 0.661. The number of benzene rings is 1. The fraction of sp³-hybridized carbons (Fsp3) is 0.167. The third kappa shape index (κ3) is 2.76. The van der Waals surface area contributed by atoms with Crippen LogP contribution in [0.25, 0.3) is 10.9 Å². The van der Waals surface area contributed by atoms with Crippen LogP contribution < -0.4 is 5.32 Å². The van der Waals surface area contributed by atoms with Gasteiger partial charge < -0.3 is 5.32 Å². The van der Waals surface area contributed by atoms with Crippen LogP contribution in [0.3, 0.4) is 0 Å². The summed E-state index contributed by atoms with van der Waals surface area (Å²) in [5.74, 6) is 1.31. The van der Waals surface area contributed by atoms with Crippen molar-refractivity contribution in [3.05, 3.63) is 46.8 Å². The summed E-state index contributed by atoms with van der Waals surface area (Å²) in [6, 6.07) is 4.50. The highest BCUT2D eigenvalue weighted by Gasteiger charge is 2.10. The number of nitrogens with one attached hydrogen (secondary N) is 2. The van der Waals surface area contributed by atoms with Crippen molar-refractivity contribution in [2.45, 2.75) is 6.42 Å². The Morgan fingerprint density at radius 3 is 2.90 bits per heavy atom. The molecule has 0 saturated carbocycles. The number of anilines is 1. The van der Waals surface area contributed by atoms with Crippen LogP contribution in [-0.4, -0.2) is 36.6 Å². The van der Waals surface area contributed by atoms with E-state index in [-0.39, 0.29) is 5.69 Å². The molecule has 2 heterocycles. The fourth-order valence-corrected chi connectivity index (χ4v) is 1.95. The third-order valence-corrected chi connectivity index (χ3v) is 2.95. The van der Waals surface area contributed by atoms with Crippen LogP contribution in [-0.2, 0) is 6.42 Å². The van der Waals surface area contributed by atoms with Gasteiger partial charge in [0.15, 0.2) is 0 Å². The lowest BCUT2D eigenvalue weighted by Crippen LogP contribution is -2.08. The normalized spacial score (nSPS) is 10.7. The molecule has 2 aromatic heterocycles. The second-order valence-corrected chi connectivity index (χ2v) is 4.29. The highest BCUT2D eigenvalue weighted by molar-refractivity contribution is 5.90. The molecule has 3 rings (SSSR count). The first-order valence-corrected chi connectivity index (χ1v) is 6.21. The van der Waals surface area contributed by atoms with Crippen LogP contribution in [0.1, 0.15) is 5.82 Å². The van der Waals surface area contributed by atoms with Crippen LogP contribution in [0.2, 0.25) is 0 Å². The second kappa shape index (κ2) is 5.49. The molecule has 9 heteroatoms. The van der Waals surface area contributed by atoms with Crippen LogP contribution in [0, 0.1) is 10.1 Å². The van der Waals surface area contributed by atoms with Gasteiger partial charge in [-0.25, -0.2) is 15.0 Å².